The van der Waals surface area contributed by atoms with Gasteiger partial charge in [-0.3, -0.25) is 9.89 Å². The molecule has 1 aromatic heterocycles. The molecule has 0 amide bonds. The molecular weight excluding hydrogens is 477 g/mol. The molecule has 0 radical (unpaired) electrons. The summed E-state index contributed by atoms with van der Waals surface area (Å²) in [5.41, 5.74) is 1.38. The van der Waals surface area contributed by atoms with E-state index < -0.39 is 0 Å². The summed E-state index contributed by atoms with van der Waals surface area (Å²) in [6, 6.07) is 0.431. The number of likely N-dealkylation sites (tertiary alicyclic amines) is 1. The van der Waals surface area contributed by atoms with Gasteiger partial charge in [-0.25, -0.2) is 4.98 Å². The molecule has 2 heterocycles. The number of aliphatic imine (C=N–C) groups is 1. The summed E-state index contributed by atoms with van der Waals surface area (Å²) < 4.78 is 5.73. The van der Waals surface area contributed by atoms with Gasteiger partial charge >= 0.3 is 0 Å². The van der Waals surface area contributed by atoms with Gasteiger partial charge in [0, 0.05) is 19.6 Å². The lowest BCUT2D eigenvalue weighted by Gasteiger charge is -2.31. The van der Waals surface area contributed by atoms with Crippen LogP contribution in [0.15, 0.2) is 9.41 Å². The van der Waals surface area contributed by atoms with Crippen LogP contribution in [0.25, 0.3) is 0 Å². The Bertz CT molecular complexity index is 610. The van der Waals surface area contributed by atoms with Gasteiger partial charge in [0.1, 0.15) is 5.76 Å². The number of aromatic nitrogens is 1. The summed E-state index contributed by atoms with van der Waals surface area (Å²) in [5.74, 6) is 3.40. The first-order chi connectivity index (χ1) is 13.2. The van der Waals surface area contributed by atoms with Gasteiger partial charge in [0.2, 0.25) is 5.89 Å². The predicted molar refractivity (Wildman–Crippen MR) is 132 cm³/mol. The first-order valence-electron chi connectivity index (χ1n) is 10.8. The molecule has 1 atom stereocenters. The van der Waals surface area contributed by atoms with Crippen molar-refractivity contribution in [1.82, 2.24) is 20.5 Å². The summed E-state index contributed by atoms with van der Waals surface area (Å²) in [6.07, 6.45) is 4.76. The molecule has 168 valence electrons. The summed E-state index contributed by atoms with van der Waals surface area (Å²) in [7, 11) is 1.86. The van der Waals surface area contributed by atoms with Crippen LogP contribution < -0.4 is 10.6 Å². The number of hydrogen-bond donors (Lipinski definition) is 2. The van der Waals surface area contributed by atoms with E-state index in [0.717, 1.165) is 55.9 Å². The highest BCUT2D eigenvalue weighted by atomic mass is 127. The van der Waals surface area contributed by atoms with Gasteiger partial charge in [-0.1, -0.05) is 20.8 Å². The maximum atomic E-state index is 5.73. The van der Waals surface area contributed by atoms with E-state index >= 15 is 0 Å². The molecule has 29 heavy (non-hydrogen) atoms. The van der Waals surface area contributed by atoms with Crippen LogP contribution in [0, 0.1) is 25.2 Å². The molecule has 0 bridgehead atoms. The zero-order chi connectivity index (χ0) is 20.7. The van der Waals surface area contributed by atoms with E-state index in [1.807, 2.05) is 20.9 Å². The zero-order valence-corrected chi connectivity index (χ0v) is 21.8. The summed E-state index contributed by atoms with van der Waals surface area (Å²) in [4.78, 5) is 11.4. The van der Waals surface area contributed by atoms with E-state index in [-0.39, 0.29) is 24.0 Å². The molecule has 0 spiro atoms. The molecule has 7 heteroatoms. The molecule has 0 aromatic carbocycles. The number of nitrogens with zero attached hydrogens (tertiary/aromatic N) is 3. The highest BCUT2D eigenvalue weighted by Gasteiger charge is 2.21. The first kappa shape index (κ1) is 26.2. The Kier molecular flexibility index (Phi) is 11.0. The topological polar surface area (TPSA) is 65.7 Å². The fourth-order valence-corrected chi connectivity index (χ4v) is 3.54. The van der Waals surface area contributed by atoms with Gasteiger partial charge in [-0.15, -0.1) is 24.0 Å². The summed E-state index contributed by atoms with van der Waals surface area (Å²) >= 11 is 0. The predicted octanol–water partition coefficient (Wildman–Crippen LogP) is 4.50. The monoisotopic (exact) mass is 519 g/mol. The number of oxazole rings is 1. The Balaban J connectivity index is 0.00000420. The van der Waals surface area contributed by atoms with E-state index in [4.69, 9.17) is 4.42 Å². The van der Waals surface area contributed by atoms with E-state index in [1.165, 1.54) is 19.3 Å². The molecule has 1 aromatic rings. The first-order valence-corrected chi connectivity index (χ1v) is 10.8. The number of nitrogens with one attached hydrogen (secondary N) is 2. The molecule has 1 fully saturated rings. The van der Waals surface area contributed by atoms with Crippen molar-refractivity contribution in [2.24, 2.45) is 16.3 Å². The van der Waals surface area contributed by atoms with Crippen molar-refractivity contribution < 1.29 is 4.42 Å². The Morgan fingerprint density at radius 2 is 1.93 bits per heavy atom. The minimum atomic E-state index is 0. The molecule has 1 aliphatic heterocycles. The third-order valence-electron chi connectivity index (χ3n) is 5.63. The number of rotatable bonds is 7. The van der Waals surface area contributed by atoms with Crippen LogP contribution >= 0.6 is 24.0 Å². The second kappa shape index (κ2) is 12.1. The summed E-state index contributed by atoms with van der Waals surface area (Å²) in [6.45, 7) is 17.1. The lowest BCUT2D eigenvalue weighted by molar-refractivity contribution is 0.164. The van der Waals surface area contributed by atoms with Gasteiger partial charge < -0.3 is 15.1 Å². The van der Waals surface area contributed by atoms with Crippen LogP contribution in [0.5, 0.6) is 0 Å². The second-order valence-corrected chi connectivity index (χ2v) is 9.57. The van der Waals surface area contributed by atoms with Crippen LogP contribution in [0.3, 0.4) is 0 Å². The van der Waals surface area contributed by atoms with Crippen molar-refractivity contribution in [3.05, 3.63) is 17.3 Å². The molecule has 1 aliphatic rings. The van der Waals surface area contributed by atoms with E-state index in [0.29, 0.717) is 17.4 Å². The fourth-order valence-electron chi connectivity index (χ4n) is 3.54. The lowest BCUT2D eigenvalue weighted by Crippen LogP contribution is -2.45. The molecule has 0 aliphatic carbocycles. The van der Waals surface area contributed by atoms with Gasteiger partial charge in [-0.05, 0) is 70.9 Å². The number of hydrogen-bond acceptors (Lipinski definition) is 4. The summed E-state index contributed by atoms with van der Waals surface area (Å²) in [5, 5.41) is 7.07. The lowest BCUT2D eigenvalue weighted by atomic mass is 9.89. The third kappa shape index (κ3) is 9.68. The highest BCUT2D eigenvalue weighted by molar-refractivity contribution is 14.0. The van der Waals surface area contributed by atoms with Crippen molar-refractivity contribution in [2.75, 3.05) is 26.7 Å². The maximum Gasteiger partial charge on any atom is 0.208 e. The minimum Gasteiger partial charge on any atom is -0.444 e. The highest BCUT2D eigenvalue weighted by Crippen LogP contribution is 2.21. The van der Waals surface area contributed by atoms with Crippen LogP contribution in [-0.2, 0) is 6.54 Å². The van der Waals surface area contributed by atoms with Crippen molar-refractivity contribution in [1.29, 1.82) is 0 Å². The van der Waals surface area contributed by atoms with Crippen LogP contribution in [0.1, 0.15) is 70.7 Å². The number of halogens is 1. The maximum absolute atomic E-state index is 5.73. The number of aryl methyl sites for hydroxylation is 2. The SMILES string of the molecule is CN=C(NCC1CCN(Cc2nc(C)c(C)o2)CC1)NC(C)CCC(C)(C)C.I. The zero-order valence-electron chi connectivity index (χ0n) is 19.5. The Labute approximate surface area is 194 Å². The van der Waals surface area contributed by atoms with Gasteiger partial charge in [0.25, 0.3) is 0 Å². The molecule has 0 saturated carbocycles. The fraction of sp³-hybridized carbons (Fsp3) is 0.818. The van der Waals surface area contributed by atoms with Gasteiger partial charge in [0.15, 0.2) is 5.96 Å². The quantitative estimate of drug-likeness (QED) is 0.316. The molecule has 2 N–H and O–H groups in total. The van der Waals surface area contributed by atoms with Crippen molar-refractivity contribution >= 4 is 29.9 Å². The third-order valence-corrected chi connectivity index (χ3v) is 5.63. The molecule has 1 saturated heterocycles. The standard InChI is InChI=1S/C22H41N5O.HI/c1-16(8-11-22(4,5)6)25-21(23-7)24-14-19-9-12-27(13-10-19)15-20-26-17(2)18(3)28-20;/h16,19H,8-15H2,1-7H3,(H2,23,24,25);1H. The minimum absolute atomic E-state index is 0. The van der Waals surface area contributed by atoms with Crippen molar-refractivity contribution in [2.45, 2.75) is 79.8 Å². The number of guanidine groups is 1. The van der Waals surface area contributed by atoms with Crippen LogP contribution in [0.2, 0.25) is 0 Å². The van der Waals surface area contributed by atoms with Crippen molar-refractivity contribution in [3.8, 4) is 0 Å². The van der Waals surface area contributed by atoms with E-state index in [1.54, 1.807) is 0 Å². The molecule has 2 rings (SSSR count). The van der Waals surface area contributed by atoms with Crippen LogP contribution in [-0.4, -0.2) is 48.6 Å². The van der Waals surface area contributed by atoms with Gasteiger partial charge in [-0.2, -0.15) is 0 Å². The largest absolute Gasteiger partial charge is 0.444 e. The van der Waals surface area contributed by atoms with Gasteiger partial charge in [0.05, 0.1) is 12.2 Å². The van der Waals surface area contributed by atoms with E-state index in [9.17, 15) is 0 Å². The smallest absolute Gasteiger partial charge is 0.208 e. The Morgan fingerprint density at radius 1 is 1.28 bits per heavy atom. The van der Waals surface area contributed by atoms with E-state index in [2.05, 4.69) is 53.2 Å². The molecular formula is C22H42IN5O. The average molecular weight is 520 g/mol. The normalized spacial score (nSPS) is 17.7. The second-order valence-electron chi connectivity index (χ2n) is 9.57. The molecule has 6 nitrogen and oxygen atoms in total. The molecule has 1 unspecified atom stereocenters. The Hall–Kier alpha value is -0.830. The average Bonchev–Trinajstić information content (AvgIpc) is 2.94. The van der Waals surface area contributed by atoms with Crippen molar-refractivity contribution in [3.63, 3.8) is 0 Å². The Morgan fingerprint density at radius 3 is 2.45 bits per heavy atom. The van der Waals surface area contributed by atoms with Crippen LogP contribution in [0.4, 0.5) is 0 Å². The number of piperidine rings is 1.